The van der Waals surface area contributed by atoms with Crippen LogP contribution in [-0.2, 0) is 16.0 Å². The van der Waals surface area contributed by atoms with Crippen molar-refractivity contribution in [3.05, 3.63) is 34.5 Å². The topological polar surface area (TPSA) is 48.0 Å². The van der Waals surface area contributed by atoms with Crippen LogP contribution in [0.3, 0.4) is 0 Å². The number of methoxy groups -OCH3 is 2. The Bertz CT molecular complexity index is 709. The highest BCUT2D eigenvalue weighted by Crippen LogP contribution is 2.47. The van der Waals surface area contributed by atoms with Crippen molar-refractivity contribution in [1.82, 2.24) is 4.90 Å². The molecule has 0 spiro atoms. The zero-order valence-electron chi connectivity index (χ0n) is 13.7. The van der Waals surface area contributed by atoms with Crippen molar-refractivity contribution in [2.45, 2.75) is 38.3 Å². The molecule has 3 aliphatic heterocycles. The Morgan fingerprint density at radius 3 is 2.65 bits per heavy atom. The molecular formula is C18H21NO4. The monoisotopic (exact) mass is 315 g/mol. The molecule has 0 aliphatic carbocycles. The highest BCUT2D eigenvalue weighted by Gasteiger charge is 2.42. The molecule has 1 aromatic rings. The van der Waals surface area contributed by atoms with Gasteiger partial charge in [0.05, 0.1) is 31.5 Å². The molecule has 0 radical (unpaired) electrons. The van der Waals surface area contributed by atoms with Gasteiger partial charge in [0, 0.05) is 6.54 Å². The molecule has 23 heavy (non-hydrogen) atoms. The number of hydrogen-bond donors (Lipinski definition) is 0. The summed E-state index contributed by atoms with van der Waals surface area (Å²) in [5.41, 5.74) is 4.56. The van der Waals surface area contributed by atoms with Crippen molar-refractivity contribution in [3.8, 4) is 11.5 Å². The normalized spacial score (nSPS) is 25.5. The van der Waals surface area contributed by atoms with Gasteiger partial charge in [0.25, 0.3) is 0 Å². The number of benzene rings is 1. The van der Waals surface area contributed by atoms with Crippen LogP contribution >= 0.6 is 0 Å². The highest BCUT2D eigenvalue weighted by molar-refractivity contribution is 5.92. The second-order valence-electron chi connectivity index (χ2n) is 6.32. The number of hydrogen-bond acceptors (Lipinski definition) is 5. The molecule has 0 fully saturated rings. The summed E-state index contributed by atoms with van der Waals surface area (Å²) in [6, 6.07) is 4.47. The van der Waals surface area contributed by atoms with Crippen LogP contribution in [-0.4, -0.2) is 37.7 Å². The molecule has 4 rings (SSSR count). The van der Waals surface area contributed by atoms with E-state index < -0.39 is 0 Å². The van der Waals surface area contributed by atoms with Gasteiger partial charge in [-0.15, -0.1) is 0 Å². The molecule has 0 saturated heterocycles. The lowest BCUT2D eigenvalue weighted by Gasteiger charge is -2.43. The standard InChI is InChI=1S/C18H21NO4/c1-10-17-12(18(20)23-10)4-5-14-13-9-16(22-3)15(21-2)8-11(13)6-7-19(14)17/h8-10,14H,4-7H2,1-3H3/t10-,14+/m0/s1. The summed E-state index contributed by atoms with van der Waals surface area (Å²) < 4.78 is 16.3. The van der Waals surface area contributed by atoms with Crippen molar-refractivity contribution in [2.24, 2.45) is 0 Å². The Morgan fingerprint density at radius 1 is 1.17 bits per heavy atom. The van der Waals surface area contributed by atoms with Gasteiger partial charge in [0.15, 0.2) is 11.5 Å². The maximum Gasteiger partial charge on any atom is 0.336 e. The molecule has 5 heteroatoms. The Hall–Kier alpha value is -2.17. The van der Waals surface area contributed by atoms with Crippen molar-refractivity contribution in [1.29, 1.82) is 0 Å². The SMILES string of the molecule is COc1cc2c(cc1OC)[C@H]1CCC3=C([C@H](C)OC3=O)N1CC2. The minimum absolute atomic E-state index is 0.135. The Labute approximate surface area is 135 Å². The molecule has 2 atom stereocenters. The lowest BCUT2D eigenvalue weighted by molar-refractivity contribution is -0.139. The smallest absolute Gasteiger partial charge is 0.336 e. The third-order valence-corrected chi connectivity index (χ3v) is 5.20. The predicted octanol–water partition coefficient (Wildman–Crippen LogP) is 2.60. The van der Waals surface area contributed by atoms with Gasteiger partial charge in [0.1, 0.15) is 6.10 Å². The summed E-state index contributed by atoms with van der Waals surface area (Å²) in [4.78, 5) is 14.3. The lowest BCUT2D eigenvalue weighted by atomic mass is 9.84. The van der Waals surface area contributed by atoms with Crippen LogP contribution in [0.2, 0.25) is 0 Å². The summed E-state index contributed by atoms with van der Waals surface area (Å²) in [5.74, 6) is 1.41. The van der Waals surface area contributed by atoms with E-state index in [-0.39, 0.29) is 18.1 Å². The molecule has 0 aromatic heterocycles. The molecule has 3 aliphatic rings. The summed E-state index contributed by atoms with van der Waals surface area (Å²) in [6.45, 7) is 2.87. The first-order valence-corrected chi connectivity index (χ1v) is 8.09. The van der Waals surface area contributed by atoms with Crippen LogP contribution in [0.5, 0.6) is 11.5 Å². The first kappa shape index (κ1) is 14.4. The van der Waals surface area contributed by atoms with Crippen molar-refractivity contribution >= 4 is 5.97 Å². The maximum absolute atomic E-state index is 12.0. The van der Waals surface area contributed by atoms with Crippen LogP contribution in [0.15, 0.2) is 23.4 Å². The van der Waals surface area contributed by atoms with Gasteiger partial charge >= 0.3 is 5.97 Å². The maximum atomic E-state index is 12.0. The minimum atomic E-state index is -0.137. The van der Waals surface area contributed by atoms with E-state index in [0.717, 1.165) is 48.6 Å². The van der Waals surface area contributed by atoms with Gasteiger partial charge in [-0.1, -0.05) is 0 Å². The van der Waals surface area contributed by atoms with E-state index in [2.05, 4.69) is 17.0 Å². The zero-order chi connectivity index (χ0) is 16.1. The van der Waals surface area contributed by atoms with E-state index in [1.165, 1.54) is 11.1 Å². The molecule has 3 heterocycles. The zero-order valence-corrected chi connectivity index (χ0v) is 13.7. The molecule has 5 nitrogen and oxygen atoms in total. The van der Waals surface area contributed by atoms with Crippen molar-refractivity contribution < 1.29 is 19.0 Å². The van der Waals surface area contributed by atoms with Gasteiger partial charge < -0.3 is 19.1 Å². The van der Waals surface area contributed by atoms with Gasteiger partial charge in [-0.2, -0.15) is 0 Å². The molecule has 1 aromatic carbocycles. The van der Waals surface area contributed by atoms with E-state index in [1.807, 2.05) is 6.92 Å². The molecule has 0 unspecified atom stereocenters. The van der Waals surface area contributed by atoms with E-state index >= 15 is 0 Å². The van der Waals surface area contributed by atoms with E-state index in [0.29, 0.717) is 0 Å². The van der Waals surface area contributed by atoms with Crippen LogP contribution < -0.4 is 9.47 Å². The first-order valence-electron chi connectivity index (χ1n) is 8.09. The molecular weight excluding hydrogens is 294 g/mol. The number of nitrogens with zero attached hydrogens (tertiary/aromatic N) is 1. The Balaban J connectivity index is 1.78. The quantitative estimate of drug-likeness (QED) is 0.785. The number of ether oxygens (including phenoxy) is 3. The second kappa shape index (κ2) is 5.18. The van der Waals surface area contributed by atoms with Gasteiger partial charge in [-0.3, -0.25) is 0 Å². The third kappa shape index (κ3) is 2.02. The molecule has 0 amide bonds. The minimum Gasteiger partial charge on any atom is -0.493 e. The molecule has 0 saturated carbocycles. The van der Waals surface area contributed by atoms with E-state index in [9.17, 15) is 4.79 Å². The number of cyclic esters (lactones) is 1. The third-order valence-electron chi connectivity index (χ3n) is 5.20. The summed E-state index contributed by atoms with van der Waals surface area (Å²) >= 11 is 0. The molecule has 0 bridgehead atoms. The average Bonchev–Trinajstić information content (AvgIpc) is 2.87. The fraction of sp³-hybridized carbons (Fsp3) is 0.500. The summed E-state index contributed by atoms with van der Waals surface area (Å²) in [7, 11) is 3.33. The van der Waals surface area contributed by atoms with Crippen molar-refractivity contribution in [3.63, 3.8) is 0 Å². The van der Waals surface area contributed by atoms with E-state index in [1.54, 1.807) is 14.2 Å². The van der Waals surface area contributed by atoms with Gasteiger partial charge in [-0.25, -0.2) is 4.79 Å². The van der Waals surface area contributed by atoms with Crippen LogP contribution in [0.4, 0.5) is 0 Å². The number of rotatable bonds is 2. The summed E-state index contributed by atoms with van der Waals surface area (Å²) in [5, 5.41) is 0. The molecule has 122 valence electrons. The number of fused-ring (bicyclic) bond motifs is 4. The van der Waals surface area contributed by atoms with E-state index in [4.69, 9.17) is 14.2 Å². The number of carbonyl (C=O) groups excluding carboxylic acids is 1. The second-order valence-corrected chi connectivity index (χ2v) is 6.32. The first-order chi connectivity index (χ1) is 11.1. The fourth-order valence-corrected chi connectivity index (χ4v) is 4.18. The fourth-order valence-electron chi connectivity index (χ4n) is 4.18. The Kier molecular flexibility index (Phi) is 3.25. The average molecular weight is 315 g/mol. The largest absolute Gasteiger partial charge is 0.493 e. The Morgan fingerprint density at radius 2 is 1.91 bits per heavy atom. The highest BCUT2D eigenvalue weighted by atomic mass is 16.5. The van der Waals surface area contributed by atoms with Gasteiger partial charge in [-0.05, 0) is 49.4 Å². The molecule has 0 N–H and O–H groups in total. The van der Waals surface area contributed by atoms with Crippen LogP contribution in [0, 0.1) is 0 Å². The lowest BCUT2D eigenvalue weighted by Crippen LogP contribution is -2.39. The van der Waals surface area contributed by atoms with Crippen LogP contribution in [0.25, 0.3) is 0 Å². The predicted molar refractivity (Wildman–Crippen MR) is 84.5 cm³/mol. The summed E-state index contributed by atoms with van der Waals surface area (Å²) in [6.07, 6.45) is 2.52. The number of carbonyl (C=O) groups is 1. The van der Waals surface area contributed by atoms with Gasteiger partial charge in [0.2, 0.25) is 0 Å². The van der Waals surface area contributed by atoms with Crippen LogP contribution in [0.1, 0.15) is 36.9 Å². The van der Waals surface area contributed by atoms with Crippen molar-refractivity contribution in [2.75, 3.05) is 20.8 Å². The number of esters is 1.